The van der Waals surface area contributed by atoms with Crippen LogP contribution >= 0.6 is 11.6 Å². The van der Waals surface area contributed by atoms with Crippen LogP contribution in [0.25, 0.3) is 11.1 Å². The molecular formula is C13H17ClN4. The minimum Gasteiger partial charge on any atom is -0.383 e. The van der Waals surface area contributed by atoms with Crippen molar-refractivity contribution in [3.05, 3.63) is 35.0 Å². The van der Waals surface area contributed by atoms with Crippen molar-refractivity contribution in [1.29, 1.82) is 0 Å². The van der Waals surface area contributed by atoms with Gasteiger partial charge in [0.25, 0.3) is 0 Å². The van der Waals surface area contributed by atoms with Crippen molar-refractivity contribution >= 4 is 17.4 Å². The van der Waals surface area contributed by atoms with Gasteiger partial charge >= 0.3 is 0 Å². The second kappa shape index (κ2) is 5.00. The summed E-state index contributed by atoms with van der Waals surface area (Å²) in [6, 6.07) is 7.66. The van der Waals surface area contributed by atoms with Gasteiger partial charge in [-0.1, -0.05) is 23.7 Å². The lowest BCUT2D eigenvalue weighted by atomic mass is 10.1. The zero-order valence-corrected chi connectivity index (χ0v) is 11.6. The summed E-state index contributed by atoms with van der Waals surface area (Å²) in [5.41, 5.74) is 9.10. The lowest BCUT2D eigenvalue weighted by molar-refractivity contribution is 0.395. The van der Waals surface area contributed by atoms with Gasteiger partial charge in [-0.15, -0.1) is 0 Å². The fourth-order valence-electron chi connectivity index (χ4n) is 1.94. The SMILES string of the molecule is CN(C)Cc1nn(C)c(N)c1-c1ccc(Cl)cc1. The van der Waals surface area contributed by atoms with Gasteiger partial charge in [0.2, 0.25) is 0 Å². The van der Waals surface area contributed by atoms with Crippen LogP contribution in [0.15, 0.2) is 24.3 Å². The Bertz CT molecular complexity index is 543. The molecule has 2 aromatic rings. The molecule has 2 rings (SSSR count). The van der Waals surface area contributed by atoms with Crippen LogP contribution in [-0.4, -0.2) is 28.8 Å². The Kier molecular flexibility index (Phi) is 3.59. The Hall–Kier alpha value is -1.52. The van der Waals surface area contributed by atoms with Gasteiger partial charge in [-0.25, -0.2) is 0 Å². The largest absolute Gasteiger partial charge is 0.383 e. The first kappa shape index (κ1) is 12.9. The highest BCUT2D eigenvalue weighted by Crippen LogP contribution is 2.30. The summed E-state index contributed by atoms with van der Waals surface area (Å²) in [5.74, 6) is 0.675. The van der Waals surface area contributed by atoms with Crippen molar-refractivity contribution in [1.82, 2.24) is 14.7 Å². The number of aromatic nitrogens is 2. The third-order valence-electron chi connectivity index (χ3n) is 2.76. The van der Waals surface area contributed by atoms with Crippen LogP contribution in [0, 0.1) is 0 Å². The molecule has 4 nitrogen and oxygen atoms in total. The number of anilines is 1. The molecule has 1 heterocycles. The number of benzene rings is 1. The first-order chi connectivity index (χ1) is 8.49. The van der Waals surface area contributed by atoms with E-state index in [1.54, 1.807) is 4.68 Å². The molecule has 0 aliphatic heterocycles. The van der Waals surface area contributed by atoms with Crippen LogP contribution in [0.3, 0.4) is 0 Å². The number of nitrogens with zero attached hydrogens (tertiary/aromatic N) is 3. The van der Waals surface area contributed by atoms with Gasteiger partial charge in [0.15, 0.2) is 0 Å². The van der Waals surface area contributed by atoms with E-state index in [9.17, 15) is 0 Å². The Balaban J connectivity index is 2.51. The van der Waals surface area contributed by atoms with Gasteiger partial charge in [-0.05, 0) is 31.8 Å². The topological polar surface area (TPSA) is 47.1 Å². The van der Waals surface area contributed by atoms with Crippen molar-refractivity contribution in [2.45, 2.75) is 6.54 Å². The molecule has 0 spiro atoms. The molecule has 0 aliphatic carbocycles. The lowest BCUT2D eigenvalue weighted by Crippen LogP contribution is -2.12. The third kappa shape index (κ3) is 2.49. The van der Waals surface area contributed by atoms with Gasteiger partial charge < -0.3 is 10.6 Å². The smallest absolute Gasteiger partial charge is 0.129 e. The second-order valence-corrected chi connectivity index (χ2v) is 5.01. The quantitative estimate of drug-likeness (QED) is 0.926. The van der Waals surface area contributed by atoms with E-state index in [-0.39, 0.29) is 0 Å². The molecule has 0 radical (unpaired) electrons. The van der Waals surface area contributed by atoms with E-state index >= 15 is 0 Å². The maximum absolute atomic E-state index is 6.10. The van der Waals surface area contributed by atoms with Crippen LogP contribution in [0.1, 0.15) is 5.69 Å². The highest BCUT2D eigenvalue weighted by molar-refractivity contribution is 6.30. The van der Waals surface area contributed by atoms with E-state index in [1.165, 1.54) is 0 Å². The molecule has 18 heavy (non-hydrogen) atoms. The molecule has 1 aromatic heterocycles. The summed E-state index contributed by atoms with van der Waals surface area (Å²) in [7, 11) is 5.88. The van der Waals surface area contributed by atoms with E-state index in [1.807, 2.05) is 45.4 Å². The van der Waals surface area contributed by atoms with Crippen molar-refractivity contribution < 1.29 is 0 Å². The summed E-state index contributed by atoms with van der Waals surface area (Å²) in [6.45, 7) is 0.753. The summed E-state index contributed by atoms with van der Waals surface area (Å²) in [5, 5.41) is 5.18. The molecule has 1 aromatic carbocycles. The molecule has 96 valence electrons. The first-order valence-corrected chi connectivity index (χ1v) is 6.09. The fraction of sp³-hybridized carbons (Fsp3) is 0.308. The third-order valence-corrected chi connectivity index (χ3v) is 3.01. The maximum atomic E-state index is 6.10. The van der Waals surface area contributed by atoms with Crippen LogP contribution in [0.2, 0.25) is 5.02 Å². The van der Waals surface area contributed by atoms with Gasteiger partial charge in [0.1, 0.15) is 5.82 Å². The van der Waals surface area contributed by atoms with E-state index in [4.69, 9.17) is 17.3 Å². The number of nitrogen functional groups attached to an aromatic ring is 1. The molecule has 0 saturated carbocycles. The van der Waals surface area contributed by atoms with Crippen molar-refractivity contribution in [3.63, 3.8) is 0 Å². The molecule has 0 atom stereocenters. The predicted molar refractivity (Wildman–Crippen MR) is 75.5 cm³/mol. The monoisotopic (exact) mass is 264 g/mol. The van der Waals surface area contributed by atoms with Crippen LogP contribution in [0.5, 0.6) is 0 Å². The standard InChI is InChI=1S/C13H17ClN4/c1-17(2)8-11-12(13(15)18(3)16-11)9-4-6-10(14)7-5-9/h4-7H,8,15H2,1-3H3. The molecule has 0 unspecified atom stereocenters. The minimum absolute atomic E-state index is 0.675. The molecule has 0 aliphatic rings. The van der Waals surface area contributed by atoms with Crippen molar-refractivity contribution in [2.75, 3.05) is 19.8 Å². The van der Waals surface area contributed by atoms with E-state index in [0.29, 0.717) is 5.82 Å². The number of rotatable bonds is 3. The highest BCUT2D eigenvalue weighted by atomic mass is 35.5. The molecule has 0 saturated heterocycles. The lowest BCUT2D eigenvalue weighted by Gasteiger charge is -2.09. The number of aryl methyl sites for hydroxylation is 1. The number of nitrogens with two attached hydrogens (primary N) is 1. The van der Waals surface area contributed by atoms with Crippen LogP contribution in [0.4, 0.5) is 5.82 Å². The van der Waals surface area contributed by atoms with Gasteiger partial charge in [-0.3, -0.25) is 4.68 Å². The maximum Gasteiger partial charge on any atom is 0.129 e. The van der Waals surface area contributed by atoms with Crippen molar-refractivity contribution in [2.24, 2.45) is 7.05 Å². The van der Waals surface area contributed by atoms with E-state index < -0.39 is 0 Å². The summed E-state index contributed by atoms with van der Waals surface area (Å²) in [4.78, 5) is 2.07. The summed E-state index contributed by atoms with van der Waals surface area (Å²) < 4.78 is 1.71. The zero-order chi connectivity index (χ0) is 13.3. The van der Waals surface area contributed by atoms with Gasteiger partial charge in [0.05, 0.1) is 5.69 Å². The number of hydrogen-bond acceptors (Lipinski definition) is 3. The normalized spacial score (nSPS) is 11.2. The van der Waals surface area contributed by atoms with E-state index in [2.05, 4.69) is 10.00 Å². The first-order valence-electron chi connectivity index (χ1n) is 5.71. The van der Waals surface area contributed by atoms with Crippen molar-refractivity contribution in [3.8, 4) is 11.1 Å². The predicted octanol–water partition coefficient (Wildman–Crippen LogP) is 2.38. The second-order valence-electron chi connectivity index (χ2n) is 4.58. The molecule has 0 bridgehead atoms. The summed E-state index contributed by atoms with van der Waals surface area (Å²) >= 11 is 5.91. The minimum atomic E-state index is 0.675. The number of halogens is 1. The highest BCUT2D eigenvalue weighted by Gasteiger charge is 2.16. The van der Waals surface area contributed by atoms with Gasteiger partial charge in [0, 0.05) is 24.2 Å². The molecule has 0 amide bonds. The van der Waals surface area contributed by atoms with Crippen LogP contribution < -0.4 is 5.73 Å². The Morgan fingerprint density at radius 1 is 1.28 bits per heavy atom. The summed E-state index contributed by atoms with van der Waals surface area (Å²) in [6.07, 6.45) is 0. The Labute approximate surface area is 112 Å². The average molecular weight is 265 g/mol. The molecule has 5 heteroatoms. The zero-order valence-electron chi connectivity index (χ0n) is 10.8. The average Bonchev–Trinajstić information content (AvgIpc) is 2.55. The molecule has 0 fully saturated rings. The number of hydrogen-bond donors (Lipinski definition) is 1. The van der Waals surface area contributed by atoms with E-state index in [0.717, 1.165) is 28.4 Å². The van der Waals surface area contributed by atoms with Gasteiger partial charge in [-0.2, -0.15) is 5.10 Å². The Morgan fingerprint density at radius 3 is 2.44 bits per heavy atom. The molecular weight excluding hydrogens is 248 g/mol. The van der Waals surface area contributed by atoms with Crippen LogP contribution in [-0.2, 0) is 13.6 Å². The Morgan fingerprint density at radius 2 is 1.89 bits per heavy atom. The fourth-order valence-corrected chi connectivity index (χ4v) is 2.06. The molecule has 2 N–H and O–H groups in total.